The van der Waals surface area contributed by atoms with Crippen LogP contribution in [0.4, 0.5) is 11.4 Å². The number of hydrogen-bond donors (Lipinski definition) is 1. The molecule has 0 radical (unpaired) electrons. The molecule has 0 bridgehead atoms. The Balaban J connectivity index is 1.42. The van der Waals surface area contributed by atoms with Crippen molar-refractivity contribution < 1.29 is 9.60 Å². The highest BCUT2D eigenvalue weighted by atomic mass is 14.9. The molecule has 9 aromatic rings. The number of nitrogens with one attached hydrogen (secondary N) is 1. The van der Waals surface area contributed by atoms with E-state index in [0.29, 0.717) is 27.7 Å². The van der Waals surface area contributed by atoms with Crippen molar-refractivity contribution in [1.29, 1.82) is 0 Å². The standard InChI is InChI=1S/C52H46N2/c1-52(2,3)36-31-46(34-17-6-4-7-18-34)50(47(32-36)35-19-8-5-9-20-35)53-37-29-30-43-40-23-12-10-21-38(40)39-22-11-13-24-41(39)44-26-16-27-45-42-25-14-15-28-48(42)54(51(44)45)49(43)33-37/h4,6-7,10-18,21-33,35,53H,5,8-9,19-20H2,1-3H3/i14D,15D,16D,25D,26D,27D,28D. The van der Waals surface area contributed by atoms with E-state index in [1.165, 1.54) is 30.4 Å². The Labute approximate surface area is 327 Å². The summed E-state index contributed by atoms with van der Waals surface area (Å²) in [6.07, 6.45) is 5.83. The van der Waals surface area contributed by atoms with Crippen LogP contribution < -0.4 is 5.32 Å². The van der Waals surface area contributed by atoms with E-state index in [-0.39, 0.29) is 58.0 Å². The van der Waals surface area contributed by atoms with Crippen molar-refractivity contribution in [3.63, 3.8) is 0 Å². The molecule has 0 saturated heterocycles. The first kappa shape index (κ1) is 26.0. The molecule has 1 fully saturated rings. The Morgan fingerprint density at radius 1 is 0.574 bits per heavy atom. The zero-order valence-corrected chi connectivity index (χ0v) is 31.0. The van der Waals surface area contributed by atoms with E-state index in [1.807, 2.05) is 46.9 Å². The number of benzene rings is 7. The predicted octanol–water partition coefficient (Wildman–Crippen LogP) is 15.0. The molecule has 0 unspecified atom stereocenters. The monoisotopic (exact) mass is 705 g/mol. The molecule has 10 rings (SSSR count). The predicted molar refractivity (Wildman–Crippen MR) is 233 cm³/mol. The quantitative estimate of drug-likeness (QED) is 0.193. The molecule has 1 saturated carbocycles. The van der Waals surface area contributed by atoms with E-state index < -0.39 is 6.04 Å². The Bertz CT molecular complexity index is 3320. The summed E-state index contributed by atoms with van der Waals surface area (Å²) < 4.78 is 66.3. The van der Waals surface area contributed by atoms with Gasteiger partial charge in [-0.05, 0) is 86.7 Å². The molecule has 1 aliphatic carbocycles. The van der Waals surface area contributed by atoms with Gasteiger partial charge in [-0.1, -0.05) is 167 Å². The van der Waals surface area contributed by atoms with Crippen molar-refractivity contribution in [2.75, 3.05) is 5.32 Å². The minimum absolute atomic E-state index is 0.0849. The number of rotatable bonds is 4. The third-order valence-electron chi connectivity index (χ3n) is 11.6. The number of nitrogens with zero attached hydrogens (tertiary/aromatic N) is 1. The Morgan fingerprint density at radius 3 is 1.89 bits per heavy atom. The second-order valence-corrected chi connectivity index (χ2v) is 15.9. The van der Waals surface area contributed by atoms with Gasteiger partial charge >= 0.3 is 0 Å². The third kappa shape index (κ3) is 5.38. The number of anilines is 2. The lowest BCUT2D eigenvalue weighted by atomic mass is 9.77. The van der Waals surface area contributed by atoms with Gasteiger partial charge in [0.15, 0.2) is 0 Å². The van der Waals surface area contributed by atoms with Gasteiger partial charge in [0.2, 0.25) is 0 Å². The van der Waals surface area contributed by atoms with Gasteiger partial charge < -0.3 is 9.72 Å². The fourth-order valence-electron chi connectivity index (χ4n) is 8.88. The van der Waals surface area contributed by atoms with Crippen molar-refractivity contribution in [2.45, 2.75) is 64.2 Å². The fraction of sp³-hybridized carbons (Fsp3) is 0.192. The van der Waals surface area contributed by atoms with Crippen LogP contribution in [0.2, 0.25) is 0 Å². The normalized spacial score (nSPS) is 15.9. The highest BCUT2D eigenvalue weighted by Crippen LogP contribution is 2.46. The number of para-hydroxylation sites is 2. The molecule has 2 heterocycles. The molecule has 54 heavy (non-hydrogen) atoms. The van der Waals surface area contributed by atoms with Gasteiger partial charge in [0.25, 0.3) is 0 Å². The van der Waals surface area contributed by atoms with Crippen molar-refractivity contribution in [1.82, 2.24) is 4.40 Å². The molecule has 0 amide bonds. The van der Waals surface area contributed by atoms with Gasteiger partial charge in [0.1, 0.15) is 0 Å². The van der Waals surface area contributed by atoms with E-state index in [4.69, 9.17) is 4.11 Å². The Morgan fingerprint density at radius 2 is 1.19 bits per heavy atom. The SMILES string of the molecule is [2H]c1c([2H])c([2H])c2c(c1[2H])c1c([2H])c([2H])c([2H])c3c4ccccc4c4ccccc4c4ccc(Nc5c(-c6ccccc6)cc(C(C)(C)C)cc5C5CCCCC5)cc4n2c31. The van der Waals surface area contributed by atoms with E-state index in [0.717, 1.165) is 56.9 Å². The molecular weight excluding hydrogens is 653 g/mol. The summed E-state index contributed by atoms with van der Waals surface area (Å²) in [5.41, 5.74) is 7.82. The first-order chi connectivity index (χ1) is 29.3. The summed E-state index contributed by atoms with van der Waals surface area (Å²) in [4.78, 5) is 0. The van der Waals surface area contributed by atoms with Gasteiger partial charge in [-0.15, -0.1) is 0 Å². The summed E-state index contributed by atoms with van der Waals surface area (Å²) in [6, 6.07) is 35.5. The van der Waals surface area contributed by atoms with Crippen molar-refractivity contribution in [3.8, 4) is 11.1 Å². The zero-order chi connectivity index (χ0) is 42.5. The minimum atomic E-state index is -0.408. The van der Waals surface area contributed by atoms with E-state index in [1.54, 1.807) is 0 Å². The first-order valence-corrected chi connectivity index (χ1v) is 19.2. The minimum Gasteiger partial charge on any atom is -0.355 e. The van der Waals surface area contributed by atoms with Crippen molar-refractivity contribution in [3.05, 3.63) is 163 Å². The summed E-state index contributed by atoms with van der Waals surface area (Å²) in [7, 11) is 0. The van der Waals surface area contributed by atoms with Gasteiger partial charge in [-0.25, -0.2) is 0 Å². The molecule has 2 aromatic heterocycles. The van der Waals surface area contributed by atoms with Crippen molar-refractivity contribution >= 4 is 71.0 Å². The largest absolute Gasteiger partial charge is 0.355 e. The van der Waals surface area contributed by atoms with Crippen LogP contribution in [0, 0.1) is 0 Å². The molecule has 0 aliphatic heterocycles. The zero-order valence-electron chi connectivity index (χ0n) is 38.0. The maximum Gasteiger partial charge on any atom is 0.0645 e. The molecule has 2 heteroatoms. The average Bonchev–Trinajstić information content (AvgIpc) is 3.64. The van der Waals surface area contributed by atoms with Crippen LogP contribution in [0.3, 0.4) is 0 Å². The third-order valence-corrected chi connectivity index (χ3v) is 11.6. The summed E-state index contributed by atoms with van der Waals surface area (Å²) in [5, 5.41) is 8.96. The van der Waals surface area contributed by atoms with Crippen LogP contribution in [-0.2, 0) is 5.41 Å². The molecule has 264 valence electrons. The lowest BCUT2D eigenvalue weighted by Gasteiger charge is -2.30. The Kier molecular flexibility index (Phi) is 6.22. The lowest BCUT2D eigenvalue weighted by molar-refractivity contribution is 0.443. The van der Waals surface area contributed by atoms with E-state index in [2.05, 4.69) is 92.8 Å². The number of fused-ring (bicyclic) bond motifs is 10. The number of hydrogen-bond acceptors (Lipinski definition) is 1. The molecule has 2 nitrogen and oxygen atoms in total. The smallest absolute Gasteiger partial charge is 0.0645 e. The summed E-state index contributed by atoms with van der Waals surface area (Å²) in [6.45, 7) is 6.81. The van der Waals surface area contributed by atoms with Gasteiger partial charge in [-0.3, -0.25) is 0 Å². The second-order valence-electron chi connectivity index (χ2n) is 15.9. The highest BCUT2D eigenvalue weighted by molar-refractivity contribution is 6.25. The molecular formula is C52H46N2. The van der Waals surface area contributed by atoms with Crippen LogP contribution in [0.1, 0.15) is 79.5 Å². The van der Waals surface area contributed by atoms with Crippen LogP contribution in [0.25, 0.3) is 70.8 Å². The van der Waals surface area contributed by atoms with Crippen LogP contribution in [-0.4, -0.2) is 4.40 Å². The highest BCUT2D eigenvalue weighted by Gasteiger charge is 2.26. The average molecular weight is 706 g/mol. The Hall–Kier alpha value is -5.86. The van der Waals surface area contributed by atoms with Crippen LogP contribution in [0.15, 0.2) is 151 Å². The van der Waals surface area contributed by atoms with Crippen LogP contribution in [0.5, 0.6) is 0 Å². The lowest BCUT2D eigenvalue weighted by Crippen LogP contribution is -2.15. The molecule has 0 spiro atoms. The molecule has 0 atom stereocenters. The second kappa shape index (κ2) is 12.9. The van der Waals surface area contributed by atoms with Gasteiger partial charge in [-0.2, -0.15) is 0 Å². The first-order valence-electron chi connectivity index (χ1n) is 22.7. The van der Waals surface area contributed by atoms with Gasteiger partial charge in [0.05, 0.1) is 26.1 Å². The number of aromatic nitrogens is 1. The summed E-state index contributed by atoms with van der Waals surface area (Å²) >= 11 is 0. The van der Waals surface area contributed by atoms with E-state index >= 15 is 0 Å². The van der Waals surface area contributed by atoms with Gasteiger partial charge in [0, 0.05) is 38.5 Å². The fourth-order valence-corrected chi connectivity index (χ4v) is 8.88. The molecule has 1 N–H and O–H groups in total. The van der Waals surface area contributed by atoms with E-state index in [9.17, 15) is 5.48 Å². The molecule has 1 aliphatic rings. The maximum absolute atomic E-state index is 9.53. The van der Waals surface area contributed by atoms with Crippen LogP contribution >= 0.6 is 0 Å². The van der Waals surface area contributed by atoms with Crippen molar-refractivity contribution in [2.24, 2.45) is 0 Å². The molecule has 7 aromatic carbocycles. The topological polar surface area (TPSA) is 16.4 Å². The summed E-state index contributed by atoms with van der Waals surface area (Å²) in [5.74, 6) is 0.375. The maximum atomic E-state index is 9.53.